The fourth-order valence-electron chi connectivity index (χ4n) is 2.87. The SMILES string of the molecule is CCc1ccc(S(=O)(=O)n2ccc3cc(Br)ccc32)cc1OCCN(C)C. The summed E-state index contributed by atoms with van der Waals surface area (Å²) in [5.41, 5.74) is 1.64. The van der Waals surface area contributed by atoms with Gasteiger partial charge in [0.25, 0.3) is 10.0 Å². The van der Waals surface area contributed by atoms with Crippen molar-refractivity contribution in [2.45, 2.75) is 18.2 Å². The van der Waals surface area contributed by atoms with E-state index in [1.165, 1.54) is 3.97 Å². The number of hydrogen-bond donors (Lipinski definition) is 0. The van der Waals surface area contributed by atoms with Crippen LogP contribution in [-0.4, -0.2) is 44.5 Å². The normalized spacial score (nSPS) is 12.0. The minimum Gasteiger partial charge on any atom is -0.492 e. The van der Waals surface area contributed by atoms with Gasteiger partial charge in [-0.15, -0.1) is 0 Å². The molecule has 3 rings (SSSR count). The first-order valence-corrected chi connectivity index (χ1v) is 11.0. The molecule has 0 fully saturated rings. The van der Waals surface area contributed by atoms with Crippen LogP contribution in [-0.2, 0) is 16.4 Å². The zero-order valence-electron chi connectivity index (χ0n) is 15.6. The number of rotatable bonds is 7. The molecule has 144 valence electrons. The number of fused-ring (bicyclic) bond motifs is 1. The minimum atomic E-state index is -3.71. The van der Waals surface area contributed by atoms with Gasteiger partial charge in [0.15, 0.2) is 0 Å². The molecule has 0 saturated carbocycles. The number of benzene rings is 2. The first kappa shape index (κ1) is 19.9. The Morgan fingerprint density at radius 1 is 1.11 bits per heavy atom. The summed E-state index contributed by atoms with van der Waals surface area (Å²) in [6.07, 6.45) is 2.37. The lowest BCUT2D eigenvalue weighted by Crippen LogP contribution is -2.20. The van der Waals surface area contributed by atoms with Crippen LogP contribution in [0.3, 0.4) is 0 Å². The molecule has 0 atom stereocenters. The zero-order chi connectivity index (χ0) is 19.6. The van der Waals surface area contributed by atoms with E-state index in [9.17, 15) is 8.42 Å². The van der Waals surface area contributed by atoms with Crippen LogP contribution in [0, 0.1) is 0 Å². The van der Waals surface area contributed by atoms with Gasteiger partial charge in [0.1, 0.15) is 12.4 Å². The molecule has 0 saturated heterocycles. The van der Waals surface area contributed by atoms with E-state index >= 15 is 0 Å². The maximum absolute atomic E-state index is 13.2. The van der Waals surface area contributed by atoms with Crippen LogP contribution >= 0.6 is 15.9 Å². The molecule has 2 aromatic carbocycles. The van der Waals surface area contributed by atoms with Gasteiger partial charge in [-0.25, -0.2) is 12.4 Å². The van der Waals surface area contributed by atoms with Crippen LogP contribution in [0.25, 0.3) is 10.9 Å². The number of halogens is 1. The molecule has 27 heavy (non-hydrogen) atoms. The first-order chi connectivity index (χ1) is 12.8. The van der Waals surface area contributed by atoms with Crippen LogP contribution in [0.2, 0.25) is 0 Å². The molecule has 0 N–H and O–H groups in total. The number of ether oxygens (including phenoxy) is 1. The van der Waals surface area contributed by atoms with Gasteiger partial charge in [0.05, 0.1) is 10.4 Å². The Kier molecular flexibility index (Phi) is 5.93. The number of likely N-dealkylation sites (N-methyl/N-ethyl adjacent to an activating group) is 1. The van der Waals surface area contributed by atoms with Crippen LogP contribution in [0.15, 0.2) is 58.0 Å². The maximum atomic E-state index is 13.2. The van der Waals surface area contributed by atoms with Crippen LogP contribution in [0.1, 0.15) is 12.5 Å². The third kappa shape index (κ3) is 4.20. The molecule has 3 aromatic rings. The van der Waals surface area contributed by atoms with Gasteiger partial charge >= 0.3 is 0 Å². The highest BCUT2D eigenvalue weighted by atomic mass is 79.9. The van der Waals surface area contributed by atoms with Crippen molar-refractivity contribution in [2.75, 3.05) is 27.2 Å². The quantitative estimate of drug-likeness (QED) is 0.542. The Labute approximate surface area is 168 Å². The molecule has 0 bridgehead atoms. The van der Waals surface area contributed by atoms with E-state index in [-0.39, 0.29) is 4.90 Å². The van der Waals surface area contributed by atoms with Crippen molar-refractivity contribution in [3.63, 3.8) is 0 Å². The van der Waals surface area contributed by atoms with E-state index in [2.05, 4.69) is 15.9 Å². The summed E-state index contributed by atoms with van der Waals surface area (Å²) in [6.45, 7) is 3.29. The molecular formula is C20H23BrN2O3S. The summed E-state index contributed by atoms with van der Waals surface area (Å²) in [4.78, 5) is 2.25. The fraction of sp³-hybridized carbons (Fsp3) is 0.300. The lowest BCUT2D eigenvalue weighted by molar-refractivity contribution is 0.259. The van der Waals surface area contributed by atoms with Crippen LogP contribution in [0.5, 0.6) is 5.75 Å². The minimum absolute atomic E-state index is 0.222. The third-order valence-corrected chi connectivity index (χ3v) is 6.57. The second-order valence-electron chi connectivity index (χ2n) is 6.59. The Bertz CT molecular complexity index is 1060. The number of nitrogens with zero attached hydrogens (tertiary/aromatic N) is 2. The Balaban J connectivity index is 2.00. The fourth-order valence-corrected chi connectivity index (χ4v) is 4.62. The summed E-state index contributed by atoms with van der Waals surface area (Å²) in [7, 11) is 0.232. The van der Waals surface area contributed by atoms with E-state index in [4.69, 9.17) is 4.74 Å². The van der Waals surface area contributed by atoms with Gasteiger partial charge in [0.2, 0.25) is 0 Å². The smallest absolute Gasteiger partial charge is 0.268 e. The summed E-state index contributed by atoms with van der Waals surface area (Å²) in [5, 5.41) is 0.862. The van der Waals surface area contributed by atoms with Gasteiger partial charge < -0.3 is 9.64 Å². The van der Waals surface area contributed by atoms with Crippen molar-refractivity contribution in [1.82, 2.24) is 8.87 Å². The van der Waals surface area contributed by atoms with Gasteiger partial charge in [-0.1, -0.05) is 28.9 Å². The monoisotopic (exact) mass is 450 g/mol. The average molecular weight is 451 g/mol. The lowest BCUT2D eigenvalue weighted by Gasteiger charge is -2.15. The number of hydrogen-bond acceptors (Lipinski definition) is 4. The third-order valence-electron chi connectivity index (χ3n) is 4.39. The molecule has 0 amide bonds. The second kappa shape index (κ2) is 8.04. The van der Waals surface area contributed by atoms with Crippen molar-refractivity contribution in [1.29, 1.82) is 0 Å². The molecule has 0 radical (unpaired) electrons. The van der Waals surface area contributed by atoms with Gasteiger partial charge in [-0.05, 0) is 56.4 Å². The second-order valence-corrected chi connectivity index (χ2v) is 9.33. The average Bonchev–Trinajstić information content (AvgIpc) is 3.05. The Morgan fingerprint density at radius 2 is 1.89 bits per heavy atom. The molecule has 7 heteroatoms. The van der Waals surface area contributed by atoms with Crippen molar-refractivity contribution in [3.8, 4) is 5.75 Å². The van der Waals surface area contributed by atoms with E-state index in [0.717, 1.165) is 28.4 Å². The summed E-state index contributed by atoms with van der Waals surface area (Å²) in [6, 6.07) is 12.5. The first-order valence-electron chi connectivity index (χ1n) is 8.75. The topological polar surface area (TPSA) is 51.5 Å². The predicted octanol–water partition coefficient (Wildman–Crippen LogP) is 4.14. The molecule has 0 spiro atoms. The van der Waals surface area contributed by atoms with Crippen LogP contribution in [0.4, 0.5) is 0 Å². The zero-order valence-corrected chi connectivity index (χ0v) is 18.0. The Hall–Kier alpha value is -1.83. The molecule has 0 aliphatic heterocycles. The van der Waals surface area contributed by atoms with Gasteiger partial charge in [0, 0.05) is 28.7 Å². The molecular weight excluding hydrogens is 428 g/mol. The highest BCUT2D eigenvalue weighted by molar-refractivity contribution is 9.10. The van der Waals surface area contributed by atoms with Crippen LogP contribution < -0.4 is 4.74 Å². The highest BCUT2D eigenvalue weighted by Crippen LogP contribution is 2.28. The molecule has 0 unspecified atom stereocenters. The molecule has 5 nitrogen and oxygen atoms in total. The summed E-state index contributed by atoms with van der Waals surface area (Å²) in [5.74, 6) is 0.625. The number of aryl methyl sites for hydroxylation is 1. The number of aromatic nitrogens is 1. The van der Waals surface area contributed by atoms with Crippen molar-refractivity contribution in [3.05, 3.63) is 58.7 Å². The van der Waals surface area contributed by atoms with Crippen molar-refractivity contribution in [2.24, 2.45) is 0 Å². The van der Waals surface area contributed by atoms with E-state index < -0.39 is 10.0 Å². The van der Waals surface area contributed by atoms with E-state index in [1.54, 1.807) is 30.5 Å². The van der Waals surface area contributed by atoms with E-state index in [0.29, 0.717) is 17.9 Å². The standard InChI is InChI=1S/C20H23BrN2O3S/c1-4-15-5-7-18(14-20(15)26-12-11-22(2)3)27(24,25)23-10-9-16-13-17(21)6-8-19(16)23/h5-10,13-14H,4,11-12H2,1-3H3. The molecule has 0 aliphatic rings. The van der Waals surface area contributed by atoms with Gasteiger partial charge in [-0.2, -0.15) is 0 Å². The van der Waals surface area contributed by atoms with Crippen molar-refractivity contribution >= 4 is 36.9 Å². The lowest BCUT2D eigenvalue weighted by atomic mass is 10.1. The van der Waals surface area contributed by atoms with E-state index in [1.807, 2.05) is 44.1 Å². The Morgan fingerprint density at radius 3 is 2.59 bits per heavy atom. The predicted molar refractivity (Wildman–Crippen MR) is 112 cm³/mol. The maximum Gasteiger partial charge on any atom is 0.268 e. The largest absolute Gasteiger partial charge is 0.492 e. The summed E-state index contributed by atoms with van der Waals surface area (Å²) >= 11 is 3.42. The highest BCUT2D eigenvalue weighted by Gasteiger charge is 2.20. The molecule has 1 heterocycles. The van der Waals surface area contributed by atoms with Gasteiger partial charge in [-0.3, -0.25) is 0 Å². The van der Waals surface area contributed by atoms with Crippen molar-refractivity contribution < 1.29 is 13.2 Å². The molecule has 1 aromatic heterocycles. The summed E-state index contributed by atoms with van der Waals surface area (Å²) < 4.78 is 34.5. The molecule has 0 aliphatic carbocycles.